The van der Waals surface area contributed by atoms with E-state index in [0.717, 1.165) is 22.4 Å². The summed E-state index contributed by atoms with van der Waals surface area (Å²) in [5.41, 5.74) is -0.746. The van der Waals surface area contributed by atoms with E-state index in [1.165, 1.54) is 11.2 Å². The van der Waals surface area contributed by atoms with Gasteiger partial charge in [-0.1, -0.05) is 30.3 Å². The predicted octanol–water partition coefficient (Wildman–Crippen LogP) is -0.865. The first-order valence-corrected chi connectivity index (χ1v) is 11.2. The van der Waals surface area contributed by atoms with Crippen molar-refractivity contribution in [1.29, 1.82) is 0 Å². The lowest BCUT2D eigenvalue weighted by atomic mass is 10.0. The highest BCUT2D eigenvalue weighted by molar-refractivity contribution is 5.90. The third kappa shape index (κ3) is 5.46. The molecule has 0 aliphatic carbocycles. The molecule has 4 rings (SSSR count). The van der Waals surface area contributed by atoms with Gasteiger partial charge in [0, 0.05) is 25.7 Å². The van der Waals surface area contributed by atoms with Crippen LogP contribution >= 0.6 is 0 Å². The van der Waals surface area contributed by atoms with Crippen LogP contribution in [0.4, 0.5) is 0 Å². The van der Waals surface area contributed by atoms with Gasteiger partial charge in [-0.2, -0.15) is 0 Å². The van der Waals surface area contributed by atoms with E-state index >= 15 is 0 Å². The van der Waals surface area contributed by atoms with Crippen LogP contribution in [0.3, 0.4) is 0 Å². The first kappa shape index (κ1) is 25.1. The van der Waals surface area contributed by atoms with E-state index in [-0.39, 0.29) is 13.0 Å². The van der Waals surface area contributed by atoms with Crippen LogP contribution in [-0.4, -0.2) is 67.9 Å². The van der Waals surface area contributed by atoms with Crippen molar-refractivity contribution in [3.63, 3.8) is 0 Å². The Morgan fingerprint density at radius 1 is 1.11 bits per heavy atom. The molecule has 12 nitrogen and oxygen atoms in total. The van der Waals surface area contributed by atoms with Crippen molar-refractivity contribution in [3.8, 4) is 0 Å². The number of carbonyl (C=O) groups is 2. The number of aromatic nitrogens is 2. The number of likely N-dealkylation sites (N-methyl/N-ethyl adjacent to an activating group) is 1. The molecular weight excluding hydrogens is 472 g/mol. The Morgan fingerprint density at radius 2 is 1.86 bits per heavy atom. The predicted molar refractivity (Wildman–Crippen MR) is 125 cm³/mol. The second-order valence-corrected chi connectivity index (χ2v) is 8.47. The minimum Gasteiger partial charge on any atom is -0.467 e. The molecule has 1 aliphatic heterocycles. The summed E-state index contributed by atoms with van der Waals surface area (Å²) < 4.78 is 11.7. The zero-order valence-corrected chi connectivity index (χ0v) is 19.3. The van der Waals surface area contributed by atoms with E-state index in [1.807, 2.05) is 23.2 Å². The number of aliphatic hydroxyl groups is 2. The zero-order valence-electron chi connectivity index (χ0n) is 19.3. The van der Waals surface area contributed by atoms with Gasteiger partial charge in [0.2, 0.25) is 5.91 Å². The van der Waals surface area contributed by atoms with Gasteiger partial charge in [0.1, 0.15) is 24.0 Å². The quantitative estimate of drug-likeness (QED) is 0.311. The number of nitrogens with one attached hydrogen (secondary N) is 2. The highest BCUT2D eigenvalue weighted by Crippen LogP contribution is 2.28. The van der Waals surface area contributed by atoms with Crippen molar-refractivity contribution in [2.24, 2.45) is 0 Å². The third-order valence-corrected chi connectivity index (χ3v) is 5.87. The lowest BCUT2D eigenvalue weighted by molar-refractivity contribution is -0.143. The summed E-state index contributed by atoms with van der Waals surface area (Å²) in [5.74, 6) is -0.699. The van der Waals surface area contributed by atoms with E-state index in [0.29, 0.717) is 5.76 Å². The second-order valence-electron chi connectivity index (χ2n) is 8.47. The monoisotopic (exact) mass is 498 g/mol. The molecule has 0 radical (unpaired) electrons. The average molecular weight is 498 g/mol. The minimum absolute atomic E-state index is 0.155. The Morgan fingerprint density at radius 3 is 2.53 bits per heavy atom. The van der Waals surface area contributed by atoms with Crippen LogP contribution < -0.4 is 16.6 Å². The van der Waals surface area contributed by atoms with Crippen molar-refractivity contribution in [1.82, 2.24) is 19.8 Å². The van der Waals surface area contributed by atoms with Crippen molar-refractivity contribution < 1.29 is 29.0 Å². The molecular formula is C24H26N4O8. The van der Waals surface area contributed by atoms with E-state index < -0.39 is 53.6 Å². The minimum atomic E-state index is -1.69. The maximum absolute atomic E-state index is 13.3. The topological polar surface area (TPSA) is 167 Å². The standard InChI is InChI=1S/C24H26N4O8/c1-27(13-15-8-5-11-35-15)22(33)16(12-14-6-3-2-4-7-14)25-21(32)20-18(30)19(31)23(36-20)28-10-9-17(29)26-24(28)34/h2-11,16,18-20,23,30-31H,12-13H2,1H3,(H,25,32)(H,26,29,34)/t16-,18+,19-,20+,23-/m1/s1. The van der Waals surface area contributed by atoms with Crippen molar-refractivity contribution >= 4 is 11.8 Å². The SMILES string of the molecule is CN(Cc1ccco1)C(=O)[C@@H](Cc1ccccc1)NC(=O)[C@H]1O[C@@H](n2ccc(=O)[nH]c2=O)[C@H](O)[C@@H]1O. The highest BCUT2D eigenvalue weighted by atomic mass is 16.6. The van der Waals surface area contributed by atoms with Gasteiger partial charge in [-0.25, -0.2) is 4.79 Å². The second kappa shape index (κ2) is 10.7. The van der Waals surface area contributed by atoms with Crippen molar-refractivity contribution in [2.75, 3.05) is 7.05 Å². The van der Waals surface area contributed by atoms with Crippen LogP contribution in [0, 0.1) is 0 Å². The molecule has 1 aromatic carbocycles. The van der Waals surface area contributed by atoms with Crippen molar-refractivity contribution in [3.05, 3.63) is 93.2 Å². The molecule has 190 valence electrons. The number of H-pyrrole nitrogens is 1. The number of nitrogens with zero attached hydrogens (tertiary/aromatic N) is 2. The normalized spacial score (nSPS) is 22.2. The number of benzene rings is 1. The molecule has 5 atom stereocenters. The number of aromatic amines is 1. The van der Waals surface area contributed by atoms with E-state index in [2.05, 4.69) is 5.32 Å². The van der Waals surface area contributed by atoms with E-state index in [1.54, 1.807) is 31.3 Å². The van der Waals surface area contributed by atoms with Crippen LogP contribution in [0.2, 0.25) is 0 Å². The molecule has 3 aromatic rings. The first-order valence-electron chi connectivity index (χ1n) is 11.2. The summed E-state index contributed by atoms with van der Waals surface area (Å²) in [7, 11) is 1.57. The van der Waals surface area contributed by atoms with Crippen LogP contribution in [0.15, 0.2) is 75.0 Å². The van der Waals surface area contributed by atoms with Gasteiger partial charge in [0.25, 0.3) is 11.5 Å². The molecule has 0 saturated carbocycles. The lowest BCUT2D eigenvalue weighted by Gasteiger charge is -2.26. The Labute approximate surface area is 204 Å². The molecule has 0 unspecified atom stereocenters. The van der Waals surface area contributed by atoms with Crippen LogP contribution in [0.25, 0.3) is 0 Å². The van der Waals surface area contributed by atoms with Gasteiger partial charge in [-0.3, -0.25) is 23.9 Å². The summed E-state index contributed by atoms with van der Waals surface area (Å²) in [6, 6.07) is 12.5. The molecule has 2 amide bonds. The molecule has 1 fully saturated rings. The molecule has 2 aromatic heterocycles. The maximum Gasteiger partial charge on any atom is 0.330 e. The highest BCUT2D eigenvalue weighted by Gasteiger charge is 2.48. The largest absolute Gasteiger partial charge is 0.467 e. The summed E-state index contributed by atoms with van der Waals surface area (Å²) >= 11 is 0. The van der Waals surface area contributed by atoms with Gasteiger partial charge in [0.15, 0.2) is 12.3 Å². The number of ether oxygens (including phenoxy) is 1. The maximum atomic E-state index is 13.3. The number of hydrogen-bond donors (Lipinski definition) is 4. The number of hydrogen-bond acceptors (Lipinski definition) is 8. The van der Waals surface area contributed by atoms with Crippen molar-refractivity contribution in [2.45, 2.75) is 43.5 Å². The Hall–Kier alpha value is -4.00. The van der Waals surface area contributed by atoms with E-state index in [4.69, 9.17) is 9.15 Å². The van der Waals surface area contributed by atoms with Gasteiger partial charge < -0.3 is 29.6 Å². The van der Waals surface area contributed by atoms with Gasteiger partial charge in [-0.15, -0.1) is 0 Å². The lowest BCUT2D eigenvalue weighted by Crippen LogP contribution is -2.53. The Bertz CT molecular complexity index is 1300. The molecule has 0 spiro atoms. The first-order chi connectivity index (χ1) is 17.2. The number of rotatable bonds is 8. The summed E-state index contributed by atoms with van der Waals surface area (Å²) in [6.07, 6.45) is -3.60. The van der Waals surface area contributed by atoms with Crippen LogP contribution in [-0.2, 0) is 27.3 Å². The number of carbonyl (C=O) groups excluding carboxylic acids is 2. The van der Waals surface area contributed by atoms with Crippen LogP contribution in [0.5, 0.6) is 0 Å². The smallest absolute Gasteiger partial charge is 0.330 e. The van der Waals surface area contributed by atoms with Crippen LogP contribution in [0.1, 0.15) is 17.6 Å². The Balaban J connectivity index is 1.52. The van der Waals surface area contributed by atoms with Gasteiger partial charge in [0.05, 0.1) is 12.8 Å². The summed E-state index contributed by atoms with van der Waals surface area (Å²) in [5, 5.41) is 23.6. The summed E-state index contributed by atoms with van der Waals surface area (Å²) in [6.45, 7) is 0.172. The van der Waals surface area contributed by atoms with Gasteiger partial charge in [-0.05, 0) is 17.7 Å². The Kier molecular flexibility index (Phi) is 7.48. The number of amides is 2. The average Bonchev–Trinajstić information content (AvgIpc) is 3.47. The fraction of sp³-hybridized carbons (Fsp3) is 0.333. The molecule has 1 saturated heterocycles. The molecule has 0 bridgehead atoms. The molecule has 36 heavy (non-hydrogen) atoms. The molecule has 12 heteroatoms. The molecule has 4 N–H and O–H groups in total. The molecule has 3 heterocycles. The summed E-state index contributed by atoms with van der Waals surface area (Å²) in [4.78, 5) is 53.3. The molecule has 1 aliphatic rings. The fourth-order valence-electron chi connectivity index (χ4n) is 4.02. The zero-order chi connectivity index (χ0) is 25.8. The van der Waals surface area contributed by atoms with Gasteiger partial charge >= 0.3 is 5.69 Å². The number of aliphatic hydroxyl groups excluding tert-OH is 2. The fourth-order valence-corrected chi connectivity index (χ4v) is 4.02. The number of furan rings is 1. The third-order valence-electron chi connectivity index (χ3n) is 5.87. The van der Waals surface area contributed by atoms with E-state index in [9.17, 15) is 29.4 Å².